The van der Waals surface area contributed by atoms with Gasteiger partial charge in [0.25, 0.3) is 0 Å². The van der Waals surface area contributed by atoms with Gasteiger partial charge in [-0.2, -0.15) is 9.90 Å². The van der Waals surface area contributed by atoms with Gasteiger partial charge in [-0.25, -0.2) is 0 Å². The Morgan fingerprint density at radius 1 is 1.00 bits per heavy atom. The molecule has 0 N–H and O–H groups in total. The summed E-state index contributed by atoms with van der Waals surface area (Å²) in [6, 6.07) is 0. The highest BCUT2D eigenvalue weighted by atomic mass is 31.0. The van der Waals surface area contributed by atoms with Crippen molar-refractivity contribution in [1.82, 2.24) is 0 Å². The van der Waals surface area contributed by atoms with Crippen molar-refractivity contribution < 1.29 is 0 Å². The summed E-state index contributed by atoms with van der Waals surface area (Å²) < 4.78 is 0. The summed E-state index contributed by atoms with van der Waals surface area (Å²) >= 11 is 0. The average Bonchev–Trinajstić information content (AvgIpc) is 1.41. The second kappa shape index (κ2) is 9.06. The highest BCUT2D eigenvalue weighted by Crippen LogP contribution is 1.88. The van der Waals surface area contributed by atoms with Crippen LogP contribution >= 0.6 is 9.90 Å². The van der Waals surface area contributed by atoms with Crippen molar-refractivity contribution in [3.05, 3.63) is 0 Å². The van der Waals surface area contributed by atoms with Crippen molar-refractivity contribution in [2.45, 2.75) is 33.1 Å². The molecule has 40 valence electrons. The van der Waals surface area contributed by atoms with Gasteiger partial charge < -0.3 is 0 Å². The van der Waals surface area contributed by atoms with Crippen LogP contribution in [-0.4, -0.2) is 0 Å². The summed E-state index contributed by atoms with van der Waals surface area (Å²) in [5.41, 5.74) is 0. The molecule has 0 fully saturated rings. The van der Waals surface area contributed by atoms with Gasteiger partial charge in [0.05, 0.1) is 0 Å². The second-order valence-electron chi connectivity index (χ2n) is 1.35. The fraction of sp³-hybridized carbons (Fsp3) is 1.00. The van der Waals surface area contributed by atoms with Crippen molar-refractivity contribution in [3.63, 3.8) is 0 Å². The molecule has 0 aliphatic heterocycles. The van der Waals surface area contributed by atoms with E-state index in [1.54, 1.807) is 0 Å². The highest BCUT2D eigenvalue weighted by Gasteiger charge is 1.68. The van der Waals surface area contributed by atoms with E-state index in [0.717, 1.165) is 0 Å². The lowest BCUT2D eigenvalue weighted by molar-refractivity contribution is 0.772. The zero-order chi connectivity index (χ0) is 4.12. The molecular weight excluding hydrogens is 91.0 g/mol. The number of hydrogen-bond acceptors (Lipinski definition) is 0. The van der Waals surface area contributed by atoms with E-state index in [2.05, 4.69) is 13.8 Å². The van der Waals surface area contributed by atoms with Gasteiger partial charge in [0.15, 0.2) is 0 Å². The van der Waals surface area contributed by atoms with Gasteiger partial charge in [-0.3, -0.25) is 0 Å². The van der Waals surface area contributed by atoms with Crippen LogP contribution in [0.4, 0.5) is 0 Å². The van der Waals surface area contributed by atoms with Crippen LogP contribution in [0.25, 0.3) is 0 Å². The molecule has 0 amide bonds. The van der Waals surface area contributed by atoms with Gasteiger partial charge in [-0.1, -0.05) is 33.1 Å². The van der Waals surface area contributed by atoms with Crippen LogP contribution in [0.3, 0.4) is 0 Å². The Morgan fingerprint density at radius 2 is 1.33 bits per heavy atom. The SMILES string of the molecule is CCCCC.P. The first-order valence-electron chi connectivity index (χ1n) is 2.41. The molecule has 0 spiro atoms. The summed E-state index contributed by atoms with van der Waals surface area (Å²) in [6.07, 6.45) is 4.08. The minimum absolute atomic E-state index is 0. The first kappa shape index (κ1) is 9.66. The third-order valence-corrected chi connectivity index (χ3v) is 0.707. The lowest BCUT2D eigenvalue weighted by Crippen LogP contribution is -1.59. The quantitative estimate of drug-likeness (QED) is 0.473. The normalized spacial score (nSPS) is 7.00. The summed E-state index contributed by atoms with van der Waals surface area (Å²) in [6.45, 7) is 4.42. The Balaban J connectivity index is 0. The Morgan fingerprint density at radius 3 is 1.33 bits per heavy atom. The fourth-order valence-electron chi connectivity index (χ4n) is 0.354. The topological polar surface area (TPSA) is 0 Å². The van der Waals surface area contributed by atoms with Crippen LogP contribution in [-0.2, 0) is 0 Å². The van der Waals surface area contributed by atoms with Crippen LogP contribution in [0.2, 0.25) is 0 Å². The zero-order valence-electron chi connectivity index (χ0n) is 4.83. The third kappa shape index (κ3) is 8.83. The molecule has 0 heterocycles. The summed E-state index contributed by atoms with van der Waals surface area (Å²) in [4.78, 5) is 0. The van der Waals surface area contributed by atoms with E-state index in [1.165, 1.54) is 19.3 Å². The zero-order valence-corrected chi connectivity index (χ0v) is 6.24. The molecule has 0 aliphatic carbocycles. The van der Waals surface area contributed by atoms with E-state index in [0.29, 0.717) is 0 Å². The second-order valence-corrected chi connectivity index (χ2v) is 1.35. The molecule has 0 aromatic carbocycles. The predicted molar refractivity (Wildman–Crippen MR) is 36.3 cm³/mol. The van der Waals surface area contributed by atoms with E-state index in [4.69, 9.17) is 0 Å². The number of hydrogen-bond donors (Lipinski definition) is 0. The number of unbranched alkanes of at least 4 members (excludes halogenated alkanes) is 2. The van der Waals surface area contributed by atoms with Gasteiger partial charge in [-0.15, -0.1) is 0 Å². The summed E-state index contributed by atoms with van der Waals surface area (Å²) in [7, 11) is 0. The van der Waals surface area contributed by atoms with Crippen molar-refractivity contribution in [1.29, 1.82) is 0 Å². The molecule has 0 bridgehead atoms. The Kier molecular flexibility index (Phi) is 14.6. The van der Waals surface area contributed by atoms with Gasteiger partial charge in [-0.05, 0) is 0 Å². The minimum atomic E-state index is 0. The van der Waals surface area contributed by atoms with Crippen LogP contribution in [0, 0.1) is 0 Å². The van der Waals surface area contributed by atoms with Crippen molar-refractivity contribution in [2.75, 3.05) is 0 Å². The third-order valence-electron chi connectivity index (χ3n) is 0.707. The van der Waals surface area contributed by atoms with Gasteiger partial charge in [0, 0.05) is 0 Å². The Bertz CT molecular complexity index is 11.4. The molecule has 0 nitrogen and oxygen atoms in total. The van der Waals surface area contributed by atoms with Crippen LogP contribution in [0.15, 0.2) is 0 Å². The maximum Gasteiger partial charge on any atom is -0.0538 e. The summed E-state index contributed by atoms with van der Waals surface area (Å²) in [5, 5.41) is 0. The molecule has 1 unspecified atom stereocenters. The molecule has 0 rings (SSSR count). The molecule has 0 saturated heterocycles. The molecule has 0 radical (unpaired) electrons. The van der Waals surface area contributed by atoms with Crippen LogP contribution in [0.1, 0.15) is 33.1 Å². The highest BCUT2D eigenvalue weighted by molar-refractivity contribution is 6.92. The van der Waals surface area contributed by atoms with E-state index >= 15 is 0 Å². The van der Waals surface area contributed by atoms with Crippen LogP contribution < -0.4 is 0 Å². The van der Waals surface area contributed by atoms with Gasteiger partial charge in [0.1, 0.15) is 0 Å². The number of rotatable bonds is 2. The molecule has 0 saturated carbocycles. The van der Waals surface area contributed by atoms with E-state index in [9.17, 15) is 0 Å². The monoisotopic (exact) mass is 106 g/mol. The maximum absolute atomic E-state index is 2.21. The molecular formula is C5H15P. The minimum Gasteiger partial charge on any atom is -0.153 e. The van der Waals surface area contributed by atoms with Crippen molar-refractivity contribution in [2.24, 2.45) is 0 Å². The van der Waals surface area contributed by atoms with Gasteiger partial charge in [0.2, 0.25) is 0 Å². The van der Waals surface area contributed by atoms with Gasteiger partial charge >= 0.3 is 0 Å². The predicted octanol–water partition coefficient (Wildman–Crippen LogP) is 2.25. The molecule has 1 heteroatoms. The average molecular weight is 106 g/mol. The Hall–Kier alpha value is 0.430. The van der Waals surface area contributed by atoms with Crippen molar-refractivity contribution >= 4 is 9.90 Å². The lowest BCUT2D eigenvalue weighted by atomic mass is 10.3. The molecule has 0 aromatic heterocycles. The first-order chi connectivity index (χ1) is 2.41. The Labute approximate surface area is 43.9 Å². The first-order valence-corrected chi connectivity index (χ1v) is 2.41. The summed E-state index contributed by atoms with van der Waals surface area (Å²) in [5.74, 6) is 0. The standard InChI is InChI=1S/C5H12.H3P/c1-3-5-4-2;/h3-5H2,1-2H3;1H3. The van der Waals surface area contributed by atoms with E-state index < -0.39 is 0 Å². The largest absolute Gasteiger partial charge is 0.153 e. The van der Waals surface area contributed by atoms with Crippen LogP contribution in [0.5, 0.6) is 0 Å². The maximum atomic E-state index is 2.21. The molecule has 0 aromatic rings. The molecule has 0 aliphatic rings. The van der Waals surface area contributed by atoms with Crippen molar-refractivity contribution in [3.8, 4) is 0 Å². The smallest absolute Gasteiger partial charge is 0.0538 e. The lowest BCUT2D eigenvalue weighted by Gasteiger charge is -1.79. The molecule has 1 atom stereocenters. The van der Waals surface area contributed by atoms with E-state index in [1.807, 2.05) is 0 Å². The molecule has 6 heavy (non-hydrogen) atoms. The van der Waals surface area contributed by atoms with E-state index in [-0.39, 0.29) is 9.90 Å². The fourth-order valence-corrected chi connectivity index (χ4v) is 0.354.